The summed E-state index contributed by atoms with van der Waals surface area (Å²) in [6.07, 6.45) is 1.87. The molecule has 1 fully saturated rings. The van der Waals surface area contributed by atoms with Gasteiger partial charge in [0.1, 0.15) is 0 Å². The number of rotatable bonds is 4. The minimum atomic E-state index is 0.656. The average Bonchev–Trinajstić information content (AvgIpc) is 2.57. The van der Waals surface area contributed by atoms with Crippen molar-refractivity contribution in [2.24, 2.45) is 0 Å². The molecule has 1 aliphatic rings. The van der Waals surface area contributed by atoms with Crippen LogP contribution < -0.4 is 15.1 Å². The van der Waals surface area contributed by atoms with E-state index in [9.17, 15) is 0 Å². The smallest absolute Gasteiger partial charge is 0.213 e. The van der Waals surface area contributed by atoms with Gasteiger partial charge in [-0.15, -0.1) is 0 Å². The number of methoxy groups -OCH3 is 1. The van der Waals surface area contributed by atoms with Crippen LogP contribution in [0.4, 0.5) is 11.4 Å². The summed E-state index contributed by atoms with van der Waals surface area (Å²) in [5.74, 6) is 0.656. The van der Waals surface area contributed by atoms with E-state index in [0.29, 0.717) is 5.88 Å². The van der Waals surface area contributed by atoms with Gasteiger partial charge < -0.3 is 15.1 Å². The molecule has 3 rings (SSSR count). The molecule has 0 radical (unpaired) electrons. The Labute approximate surface area is 125 Å². The van der Waals surface area contributed by atoms with E-state index in [1.54, 1.807) is 7.11 Å². The third kappa shape index (κ3) is 3.44. The number of benzene rings is 1. The molecule has 1 aromatic heterocycles. The molecule has 1 aliphatic heterocycles. The summed E-state index contributed by atoms with van der Waals surface area (Å²) in [7, 11) is 1.63. The number of ether oxygens (including phenoxy) is 1. The van der Waals surface area contributed by atoms with E-state index < -0.39 is 0 Å². The lowest BCUT2D eigenvalue weighted by Crippen LogP contribution is -2.48. The van der Waals surface area contributed by atoms with Gasteiger partial charge in [-0.1, -0.05) is 18.2 Å². The van der Waals surface area contributed by atoms with Gasteiger partial charge in [0.05, 0.1) is 19.0 Å². The molecule has 1 N–H and O–H groups in total. The highest BCUT2D eigenvalue weighted by atomic mass is 16.5. The Morgan fingerprint density at radius 3 is 2.38 bits per heavy atom. The van der Waals surface area contributed by atoms with Gasteiger partial charge in [-0.2, -0.15) is 0 Å². The van der Waals surface area contributed by atoms with E-state index in [4.69, 9.17) is 4.74 Å². The molecule has 5 heteroatoms. The monoisotopic (exact) mass is 284 g/mol. The van der Waals surface area contributed by atoms with E-state index in [-0.39, 0.29) is 0 Å². The second-order valence-electron chi connectivity index (χ2n) is 5.01. The fourth-order valence-corrected chi connectivity index (χ4v) is 2.45. The van der Waals surface area contributed by atoms with E-state index >= 15 is 0 Å². The molecule has 0 aliphatic carbocycles. The van der Waals surface area contributed by atoms with Crippen LogP contribution in [0.15, 0.2) is 48.7 Å². The van der Waals surface area contributed by atoms with Gasteiger partial charge in [-0.3, -0.25) is 0 Å². The highest BCUT2D eigenvalue weighted by Crippen LogP contribution is 2.18. The molecular formula is C16H20N4O. The van der Waals surface area contributed by atoms with Crippen LogP contribution in [-0.4, -0.2) is 43.3 Å². The Kier molecular flexibility index (Phi) is 4.21. The van der Waals surface area contributed by atoms with Crippen LogP contribution in [0.3, 0.4) is 0 Å². The van der Waals surface area contributed by atoms with Crippen molar-refractivity contribution in [3.8, 4) is 5.88 Å². The number of para-hydroxylation sites is 1. The number of pyridine rings is 1. The maximum atomic E-state index is 5.09. The SMILES string of the molecule is COc1ccc(N2CCN(Nc3ccccc3)CC2)cn1. The Bertz CT molecular complexity index is 550. The Hall–Kier alpha value is -2.27. The van der Waals surface area contributed by atoms with Crippen LogP contribution in [0.2, 0.25) is 0 Å². The van der Waals surface area contributed by atoms with Crippen LogP contribution in [0.25, 0.3) is 0 Å². The molecule has 0 atom stereocenters. The molecule has 1 aromatic carbocycles. The van der Waals surface area contributed by atoms with Crippen LogP contribution in [0.5, 0.6) is 5.88 Å². The third-order valence-corrected chi connectivity index (χ3v) is 3.64. The van der Waals surface area contributed by atoms with Gasteiger partial charge in [0.15, 0.2) is 0 Å². The molecule has 2 aromatic rings. The standard InChI is InChI=1S/C16H20N4O/c1-21-16-8-7-15(13-17-16)19-9-11-20(12-10-19)18-14-5-3-2-4-6-14/h2-8,13,18H,9-12H2,1H3. The summed E-state index contributed by atoms with van der Waals surface area (Å²) in [6, 6.07) is 14.2. The molecule has 1 saturated heterocycles. The Morgan fingerprint density at radius 2 is 1.76 bits per heavy atom. The number of nitrogens with zero attached hydrogens (tertiary/aromatic N) is 3. The zero-order valence-electron chi connectivity index (χ0n) is 12.2. The molecule has 21 heavy (non-hydrogen) atoms. The number of hydrogen-bond acceptors (Lipinski definition) is 5. The lowest BCUT2D eigenvalue weighted by atomic mass is 10.3. The predicted molar refractivity (Wildman–Crippen MR) is 84.6 cm³/mol. The number of anilines is 2. The Balaban J connectivity index is 1.54. The number of hydrazine groups is 1. The minimum Gasteiger partial charge on any atom is -0.481 e. The van der Waals surface area contributed by atoms with Crippen LogP contribution in [0, 0.1) is 0 Å². The van der Waals surface area contributed by atoms with Crippen molar-refractivity contribution in [1.82, 2.24) is 9.99 Å². The second-order valence-corrected chi connectivity index (χ2v) is 5.01. The average molecular weight is 284 g/mol. The van der Waals surface area contributed by atoms with Gasteiger partial charge >= 0.3 is 0 Å². The molecule has 0 saturated carbocycles. The molecule has 0 unspecified atom stereocenters. The third-order valence-electron chi connectivity index (χ3n) is 3.64. The molecule has 2 heterocycles. The first-order valence-electron chi connectivity index (χ1n) is 7.17. The summed E-state index contributed by atoms with van der Waals surface area (Å²) in [5, 5.41) is 2.25. The van der Waals surface area contributed by atoms with Crippen LogP contribution in [-0.2, 0) is 0 Å². The topological polar surface area (TPSA) is 40.6 Å². The van der Waals surface area contributed by atoms with Gasteiger partial charge in [0.25, 0.3) is 0 Å². The maximum absolute atomic E-state index is 5.09. The highest BCUT2D eigenvalue weighted by molar-refractivity contribution is 5.46. The summed E-state index contributed by atoms with van der Waals surface area (Å²) < 4.78 is 5.09. The van der Waals surface area contributed by atoms with E-state index in [1.165, 1.54) is 0 Å². The summed E-state index contributed by atoms with van der Waals surface area (Å²) in [4.78, 5) is 6.61. The first-order chi connectivity index (χ1) is 10.3. The lowest BCUT2D eigenvalue weighted by molar-refractivity contribution is 0.308. The minimum absolute atomic E-state index is 0.656. The van der Waals surface area contributed by atoms with Crippen molar-refractivity contribution < 1.29 is 4.74 Å². The number of piperazine rings is 1. The van der Waals surface area contributed by atoms with Crippen LogP contribution in [0.1, 0.15) is 0 Å². The molecule has 5 nitrogen and oxygen atoms in total. The summed E-state index contributed by atoms with van der Waals surface area (Å²) in [6.45, 7) is 3.91. The molecular weight excluding hydrogens is 264 g/mol. The normalized spacial score (nSPS) is 15.8. The lowest BCUT2D eigenvalue weighted by Gasteiger charge is -2.36. The van der Waals surface area contributed by atoms with Crippen molar-refractivity contribution in [3.63, 3.8) is 0 Å². The van der Waals surface area contributed by atoms with Gasteiger partial charge in [-0.05, 0) is 18.2 Å². The molecule has 0 amide bonds. The number of aromatic nitrogens is 1. The predicted octanol–water partition coefficient (Wildman–Crippen LogP) is 2.24. The second kappa shape index (κ2) is 6.45. The van der Waals surface area contributed by atoms with E-state index in [2.05, 4.69) is 38.5 Å². The number of nitrogens with one attached hydrogen (secondary N) is 1. The van der Waals surface area contributed by atoms with Crippen molar-refractivity contribution in [2.75, 3.05) is 43.6 Å². The summed E-state index contributed by atoms with van der Waals surface area (Å²) >= 11 is 0. The zero-order valence-corrected chi connectivity index (χ0v) is 12.2. The van der Waals surface area contributed by atoms with Gasteiger partial charge in [0.2, 0.25) is 5.88 Å². The molecule has 110 valence electrons. The maximum Gasteiger partial charge on any atom is 0.213 e. The Morgan fingerprint density at radius 1 is 1.00 bits per heavy atom. The molecule has 0 bridgehead atoms. The summed E-state index contributed by atoms with van der Waals surface area (Å²) in [5.41, 5.74) is 5.73. The fraction of sp³-hybridized carbons (Fsp3) is 0.312. The highest BCUT2D eigenvalue weighted by Gasteiger charge is 2.17. The van der Waals surface area contributed by atoms with Crippen LogP contribution >= 0.6 is 0 Å². The molecule has 0 spiro atoms. The zero-order chi connectivity index (χ0) is 14.5. The van der Waals surface area contributed by atoms with Crippen molar-refractivity contribution in [2.45, 2.75) is 0 Å². The van der Waals surface area contributed by atoms with E-state index in [1.807, 2.05) is 30.5 Å². The fourth-order valence-electron chi connectivity index (χ4n) is 2.45. The number of hydrogen-bond donors (Lipinski definition) is 1. The van der Waals surface area contributed by atoms with E-state index in [0.717, 1.165) is 37.6 Å². The quantitative estimate of drug-likeness (QED) is 0.932. The first kappa shape index (κ1) is 13.7. The first-order valence-corrected chi connectivity index (χ1v) is 7.17. The largest absolute Gasteiger partial charge is 0.481 e. The van der Waals surface area contributed by atoms with Gasteiger partial charge in [-0.25, -0.2) is 9.99 Å². The van der Waals surface area contributed by atoms with Crippen molar-refractivity contribution >= 4 is 11.4 Å². The van der Waals surface area contributed by atoms with Crippen molar-refractivity contribution in [1.29, 1.82) is 0 Å². The van der Waals surface area contributed by atoms with Gasteiger partial charge in [0, 0.05) is 37.9 Å². The van der Waals surface area contributed by atoms with Crippen molar-refractivity contribution in [3.05, 3.63) is 48.7 Å².